The topological polar surface area (TPSA) is 53.7 Å². The van der Waals surface area contributed by atoms with Crippen molar-refractivity contribution < 1.29 is 14.3 Å². The molecule has 0 bridgehead atoms. The molecule has 1 aromatic heterocycles. The Morgan fingerprint density at radius 2 is 2.11 bits per heavy atom. The van der Waals surface area contributed by atoms with Crippen LogP contribution in [0.5, 0.6) is 0 Å². The average Bonchev–Trinajstić information content (AvgIpc) is 2.74. The Kier molecular flexibility index (Phi) is 3.81. The van der Waals surface area contributed by atoms with Gasteiger partial charge in [0.1, 0.15) is 11.5 Å². The highest BCUT2D eigenvalue weighted by Gasteiger charge is 2.11. The van der Waals surface area contributed by atoms with E-state index in [4.69, 9.17) is 21.1 Å². The molecule has 100 valence electrons. The highest BCUT2D eigenvalue weighted by molar-refractivity contribution is 6.33. The van der Waals surface area contributed by atoms with Crippen molar-refractivity contribution >= 4 is 23.3 Å². The Morgan fingerprint density at radius 3 is 2.63 bits per heavy atom. The number of benzene rings is 1. The summed E-state index contributed by atoms with van der Waals surface area (Å²) in [4.78, 5) is 12.8. The lowest BCUT2D eigenvalue weighted by Crippen LogP contribution is -2.16. The number of rotatable bonds is 4. The highest BCUT2D eigenvalue weighted by Crippen LogP contribution is 2.24. The second-order valence-electron chi connectivity index (χ2n) is 4.34. The van der Waals surface area contributed by atoms with E-state index in [0.29, 0.717) is 6.54 Å². The zero-order chi connectivity index (χ0) is 14.0. The van der Waals surface area contributed by atoms with Gasteiger partial charge < -0.3 is 14.4 Å². The molecule has 0 radical (unpaired) electrons. The summed E-state index contributed by atoms with van der Waals surface area (Å²) in [6.45, 7) is 2.48. The average molecular weight is 280 g/mol. The number of aryl methyl sites for hydroxylation is 1. The molecular weight excluding hydrogens is 266 g/mol. The fraction of sp³-hybridized carbons (Fsp3) is 0.214. The number of hydrogen-bond acceptors (Lipinski definition) is 3. The van der Waals surface area contributed by atoms with Crippen LogP contribution in [0.25, 0.3) is 0 Å². The van der Waals surface area contributed by atoms with Crippen LogP contribution in [-0.2, 0) is 6.54 Å². The van der Waals surface area contributed by atoms with Gasteiger partial charge in [0, 0.05) is 12.7 Å². The molecule has 1 aromatic carbocycles. The fourth-order valence-electron chi connectivity index (χ4n) is 1.81. The summed E-state index contributed by atoms with van der Waals surface area (Å²) in [6, 6.07) is 8.69. The number of furan rings is 1. The van der Waals surface area contributed by atoms with Gasteiger partial charge in [0.05, 0.1) is 17.1 Å². The molecule has 0 unspecified atom stereocenters. The highest BCUT2D eigenvalue weighted by atomic mass is 35.5. The minimum atomic E-state index is -1.03. The van der Waals surface area contributed by atoms with Crippen molar-refractivity contribution in [1.82, 2.24) is 0 Å². The summed E-state index contributed by atoms with van der Waals surface area (Å²) in [5, 5.41) is 9.15. The van der Waals surface area contributed by atoms with Gasteiger partial charge >= 0.3 is 5.97 Å². The lowest BCUT2D eigenvalue weighted by molar-refractivity contribution is 0.0697. The molecule has 4 nitrogen and oxygen atoms in total. The summed E-state index contributed by atoms with van der Waals surface area (Å²) in [5.41, 5.74) is 0.941. The Bertz CT molecular complexity index is 606. The SMILES string of the molecule is Cc1ccc(CN(C)c2ccc(C(=O)O)c(Cl)c2)o1. The molecule has 0 fully saturated rings. The van der Waals surface area contributed by atoms with E-state index in [1.165, 1.54) is 6.07 Å². The number of aromatic carboxylic acids is 1. The molecule has 0 aliphatic carbocycles. The Morgan fingerprint density at radius 1 is 1.37 bits per heavy atom. The van der Waals surface area contributed by atoms with E-state index in [1.54, 1.807) is 12.1 Å². The number of carboxylic acids is 1. The number of carboxylic acid groups (broad SMARTS) is 1. The number of carbonyl (C=O) groups is 1. The third-order valence-corrected chi connectivity index (χ3v) is 3.13. The van der Waals surface area contributed by atoms with Gasteiger partial charge in [-0.05, 0) is 37.3 Å². The molecule has 1 N–H and O–H groups in total. The van der Waals surface area contributed by atoms with Gasteiger partial charge in [0.15, 0.2) is 0 Å². The van der Waals surface area contributed by atoms with Crippen molar-refractivity contribution in [2.75, 3.05) is 11.9 Å². The minimum absolute atomic E-state index is 0.104. The van der Waals surface area contributed by atoms with Gasteiger partial charge in [0.25, 0.3) is 0 Å². The monoisotopic (exact) mass is 279 g/mol. The maximum Gasteiger partial charge on any atom is 0.337 e. The molecule has 0 aliphatic rings. The van der Waals surface area contributed by atoms with Gasteiger partial charge in [-0.15, -0.1) is 0 Å². The van der Waals surface area contributed by atoms with Crippen molar-refractivity contribution in [3.8, 4) is 0 Å². The van der Waals surface area contributed by atoms with E-state index in [-0.39, 0.29) is 10.6 Å². The van der Waals surface area contributed by atoms with Gasteiger partial charge in [-0.3, -0.25) is 0 Å². The molecule has 5 heteroatoms. The molecule has 19 heavy (non-hydrogen) atoms. The van der Waals surface area contributed by atoms with Crippen LogP contribution in [0, 0.1) is 6.92 Å². The molecule has 0 saturated carbocycles. The first-order chi connectivity index (χ1) is 8.97. The Hall–Kier alpha value is -1.94. The molecule has 0 amide bonds. The van der Waals surface area contributed by atoms with Gasteiger partial charge in [-0.1, -0.05) is 11.6 Å². The minimum Gasteiger partial charge on any atom is -0.478 e. The quantitative estimate of drug-likeness (QED) is 0.929. The lowest BCUT2D eigenvalue weighted by atomic mass is 10.2. The molecule has 2 rings (SSSR count). The first kappa shape index (κ1) is 13.5. The Labute approximate surface area is 116 Å². The van der Waals surface area contributed by atoms with Crippen molar-refractivity contribution in [2.24, 2.45) is 0 Å². The smallest absolute Gasteiger partial charge is 0.337 e. The molecule has 0 saturated heterocycles. The summed E-state index contributed by atoms with van der Waals surface area (Å²) in [6.07, 6.45) is 0. The zero-order valence-electron chi connectivity index (χ0n) is 10.7. The Balaban J connectivity index is 2.17. The number of nitrogens with zero attached hydrogens (tertiary/aromatic N) is 1. The molecule has 1 heterocycles. The molecule has 0 spiro atoms. The molecule has 0 atom stereocenters. The lowest BCUT2D eigenvalue weighted by Gasteiger charge is -2.18. The third kappa shape index (κ3) is 3.09. The number of hydrogen-bond donors (Lipinski definition) is 1. The van der Waals surface area contributed by atoms with Crippen LogP contribution in [-0.4, -0.2) is 18.1 Å². The summed E-state index contributed by atoms with van der Waals surface area (Å²) in [7, 11) is 1.89. The number of halogens is 1. The van der Waals surface area contributed by atoms with Gasteiger partial charge in [0.2, 0.25) is 0 Å². The summed E-state index contributed by atoms with van der Waals surface area (Å²) < 4.78 is 5.50. The van der Waals surface area contributed by atoms with Gasteiger partial charge in [-0.2, -0.15) is 0 Å². The van der Waals surface area contributed by atoms with Crippen molar-refractivity contribution in [2.45, 2.75) is 13.5 Å². The maximum atomic E-state index is 10.9. The van der Waals surface area contributed by atoms with Crippen LogP contribution in [0.15, 0.2) is 34.7 Å². The molecule has 0 aliphatic heterocycles. The van der Waals surface area contributed by atoms with Crippen LogP contribution >= 0.6 is 11.6 Å². The summed E-state index contributed by atoms with van der Waals surface area (Å²) >= 11 is 5.94. The standard InChI is InChI=1S/C14H14ClNO3/c1-9-3-5-11(19-9)8-16(2)10-4-6-12(14(17)18)13(15)7-10/h3-7H,8H2,1-2H3,(H,17,18). The second kappa shape index (κ2) is 5.36. The van der Waals surface area contributed by atoms with Crippen LogP contribution < -0.4 is 4.90 Å². The van der Waals surface area contributed by atoms with Crippen LogP contribution in [0.1, 0.15) is 21.9 Å². The van der Waals surface area contributed by atoms with Crippen molar-refractivity contribution in [3.63, 3.8) is 0 Å². The largest absolute Gasteiger partial charge is 0.478 e. The van der Waals surface area contributed by atoms with Crippen molar-refractivity contribution in [3.05, 3.63) is 52.4 Å². The van der Waals surface area contributed by atoms with Crippen LogP contribution in [0.4, 0.5) is 5.69 Å². The van der Waals surface area contributed by atoms with E-state index in [9.17, 15) is 4.79 Å². The summed E-state index contributed by atoms with van der Waals surface area (Å²) in [5.74, 6) is 0.682. The van der Waals surface area contributed by atoms with E-state index < -0.39 is 5.97 Å². The predicted octanol–water partition coefficient (Wildman–Crippen LogP) is 3.58. The predicted molar refractivity (Wildman–Crippen MR) is 74.0 cm³/mol. The maximum absolute atomic E-state index is 10.9. The van der Waals surface area contributed by atoms with E-state index in [2.05, 4.69) is 0 Å². The van der Waals surface area contributed by atoms with E-state index in [0.717, 1.165) is 17.2 Å². The van der Waals surface area contributed by atoms with Gasteiger partial charge in [-0.25, -0.2) is 4.79 Å². The van der Waals surface area contributed by atoms with E-state index >= 15 is 0 Å². The third-order valence-electron chi connectivity index (χ3n) is 2.81. The zero-order valence-corrected chi connectivity index (χ0v) is 11.4. The fourth-order valence-corrected chi connectivity index (χ4v) is 2.07. The first-order valence-corrected chi connectivity index (χ1v) is 6.14. The second-order valence-corrected chi connectivity index (χ2v) is 4.74. The molecule has 2 aromatic rings. The first-order valence-electron chi connectivity index (χ1n) is 5.76. The van der Waals surface area contributed by atoms with E-state index in [1.807, 2.05) is 31.0 Å². The van der Waals surface area contributed by atoms with Crippen LogP contribution in [0.3, 0.4) is 0 Å². The van der Waals surface area contributed by atoms with Crippen LogP contribution in [0.2, 0.25) is 5.02 Å². The molecular formula is C14H14ClNO3. The number of anilines is 1. The normalized spacial score (nSPS) is 10.5. The van der Waals surface area contributed by atoms with Crippen molar-refractivity contribution in [1.29, 1.82) is 0 Å².